The maximum Gasteiger partial charge on any atom is 0.245 e. The van der Waals surface area contributed by atoms with Gasteiger partial charge in [-0.1, -0.05) is 74.5 Å². The molecule has 1 heterocycles. The van der Waals surface area contributed by atoms with Gasteiger partial charge in [0.15, 0.2) is 11.9 Å². The van der Waals surface area contributed by atoms with E-state index in [2.05, 4.69) is 58.2 Å². The standard InChI is InChI=1S/C64H96N18O13/c1-38(2)32-49(79-61(92)52(35-42-37-74-45-17-10-9-16-44(42)45)81-59(90)50(34-41-20-22-43(83)23-21-41)75-54(85)24-28-71-25-13-29-95-31-30-94-5)58(89)80-51(33-40-14-7-6-8-15-40)60(91)77-47(19-12-27-73-64(69)70)62(93)82(4)39(3)56(87)76-46(18-11-26-72-63(67)68)57(88)78-48(55(66)86)36-53(65)84/h6-10,14-17,20-23,37-39,46-52,71,74,83H,11-13,18-19,24-36H2,1-5H3,(H2,65,84)(H2,66,86)(H,75,85)(H,76,87)(H,77,91)(H,78,88)(H,79,92)(H,80,89)(H,81,90)(H4,67,68,72)(H4,69,70,73)/t39-,46-,47-,48-,49-,50-,51-,52-/m0/s1. The number of hydrogen-bond acceptors (Lipinski definition) is 16. The highest BCUT2D eigenvalue weighted by Gasteiger charge is 2.37. The van der Waals surface area contributed by atoms with Crippen molar-refractivity contribution in [1.82, 2.24) is 63.1 Å². The second-order valence-electron chi connectivity index (χ2n) is 23.4. The van der Waals surface area contributed by atoms with Crippen LogP contribution in [-0.4, -0.2) is 194 Å². The number of methoxy groups -OCH3 is 1. The molecule has 0 spiro atoms. The second kappa shape index (κ2) is 41.0. The molecule has 1 aromatic heterocycles. The molecule has 4 rings (SSSR count). The van der Waals surface area contributed by atoms with Crippen LogP contribution >= 0.6 is 0 Å². The lowest BCUT2D eigenvalue weighted by molar-refractivity contribution is -0.142. The number of guanidine groups is 2. The first-order chi connectivity index (χ1) is 45.3. The summed E-state index contributed by atoms with van der Waals surface area (Å²) in [5, 5.41) is 53.4. The number of phenols is 1. The number of nitrogens with one attached hydrogen (secondary N) is 13. The quantitative estimate of drug-likeness (QED) is 0.0131. The molecule has 10 amide bonds. The van der Waals surface area contributed by atoms with E-state index in [0.717, 1.165) is 15.8 Å². The van der Waals surface area contributed by atoms with Crippen LogP contribution in [0.3, 0.4) is 0 Å². The lowest BCUT2D eigenvalue weighted by atomic mass is 9.99. The van der Waals surface area contributed by atoms with Crippen molar-refractivity contribution >= 4 is 81.9 Å². The number of aromatic hydroxyl groups is 1. The molecule has 0 saturated heterocycles. The van der Waals surface area contributed by atoms with Gasteiger partial charge in [0, 0.05) is 83.2 Å². The summed E-state index contributed by atoms with van der Waals surface area (Å²) >= 11 is 0. The van der Waals surface area contributed by atoms with E-state index in [4.69, 9.17) is 43.2 Å². The van der Waals surface area contributed by atoms with Crippen LogP contribution < -0.4 is 76.1 Å². The molecule has 0 saturated carbocycles. The third-order valence-corrected chi connectivity index (χ3v) is 15.2. The number of primary amides is 2. The van der Waals surface area contributed by atoms with Gasteiger partial charge in [0.05, 0.1) is 19.6 Å². The van der Waals surface area contributed by atoms with Gasteiger partial charge in [-0.05, 0) is 92.8 Å². The molecule has 0 unspecified atom stereocenters. The Labute approximate surface area is 552 Å². The zero-order valence-corrected chi connectivity index (χ0v) is 54.6. The van der Waals surface area contributed by atoms with E-state index >= 15 is 4.79 Å². The summed E-state index contributed by atoms with van der Waals surface area (Å²) in [6.45, 7) is 7.44. The van der Waals surface area contributed by atoms with Gasteiger partial charge in [-0.25, -0.2) is 0 Å². The number of ether oxygens (including phenoxy) is 2. The van der Waals surface area contributed by atoms with Crippen molar-refractivity contribution in [3.8, 4) is 5.75 Å². The number of aromatic nitrogens is 1. The van der Waals surface area contributed by atoms with Gasteiger partial charge in [-0.15, -0.1) is 0 Å². The molecule has 22 N–H and O–H groups in total. The second-order valence-corrected chi connectivity index (χ2v) is 23.4. The van der Waals surface area contributed by atoms with Crippen LogP contribution in [0.1, 0.15) is 88.8 Å². The normalized spacial score (nSPS) is 13.6. The first kappa shape index (κ1) is 77.6. The minimum absolute atomic E-state index is 0.00261. The fourth-order valence-corrected chi connectivity index (χ4v) is 9.98. The zero-order valence-electron chi connectivity index (χ0n) is 54.6. The fourth-order valence-electron chi connectivity index (χ4n) is 9.98. The predicted octanol–water partition coefficient (Wildman–Crippen LogP) is -1.89. The third-order valence-electron chi connectivity index (χ3n) is 15.2. The van der Waals surface area contributed by atoms with Gasteiger partial charge in [-0.3, -0.25) is 58.8 Å². The average molecular weight is 1330 g/mol. The molecule has 0 aliphatic rings. The van der Waals surface area contributed by atoms with Crippen molar-refractivity contribution in [2.75, 3.05) is 60.2 Å². The molecule has 8 atom stereocenters. The number of phenolic OH excluding ortho intramolecular Hbond substituents is 1. The van der Waals surface area contributed by atoms with Crippen LogP contribution in [-0.2, 0) is 76.7 Å². The molecule has 31 nitrogen and oxygen atoms in total. The zero-order chi connectivity index (χ0) is 70.0. The molecule has 31 heteroatoms. The maximum atomic E-state index is 15.0. The number of aromatic amines is 1. The van der Waals surface area contributed by atoms with E-state index in [1.165, 1.54) is 26.1 Å². The number of nitrogens with two attached hydrogens (primary N) is 4. The number of amides is 10. The van der Waals surface area contributed by atoms with Gasteiger partial charge in [0.25, 0.3) is 0 Å². The topological polar surface area (TPSA) is 500 Å². The first-order valence-corrected chi connectivity index (χ1v) is 31.5. The Morgan fingerprint density at radius 2 is 1.07 bits per heavy atom. The minimum atomic E-state index is -1.53. The average Bonchev–Trinajstić information content (AvgIpc) is 1.78. The number of H-pyrrole nitrogens is 1. The number of carbonyl (C=O) groups is 10. The Bertz CT molecular complexity index is 3190. The molecule has 95 heavy (non-hydrogen) atoms. The summed E-state index contributed by atoms with van der Waals surface area (Å²) in [7, 11) is 2.87. The highest BCUT2D eigenvalue weighted by molar-refractivity contribution is 5.99. The molecule has 3 aromatic carbocycles. The number of nitrogens with zero attached hydrogens (tertiary/aromatic N) is 1. The van der Waals surface area contributed by atoms with Crippen LogP contribution in [0, 0.1) is 16.7 Å². The SMILES string of the molecule is COCCOCCCNCCC(=O)N[C@@H](Cc1ccc(O)cc1)C(=O)N[C@@H](Cc1c[nH]c2ccccc12)C(=O)N[C@@H](CC(C)C)C(=O)N[C@@H](Cc1ccccc1)C(=O)N[C@@H](CCCNC(=N)N)C(=O)N(C)[C@@H](C)C(=O)N[C@@H](CCCNC(=N)N)C(=O)N[C@@H](CC(N)=O)C(N)=O. The molecular weight excluding hydrogens is 1230 g/mol. The molecular formula is C64H96N18O13. The molecule has 520 valence electrons. The molecule has 0 fully saturated rings. The molecule has 0 bridgehead atoms. The van der Waals surface area contributed by atoms with Crippen LogP contribution in [0.15, 0.2) is 85.1 Å². The van der Waals surface area contributed by atoms with Crippen molar-refractivity contribution in [3.05, 3.63) is 102 Å². The monoisotopic (exact) mass is 1320 g/mol. The van der Waals surface area contributed by atoms with Gasteiger partial charge >= 0.3 is 0 Å². The Kier molecular flexibility index (Phi) is 33.4. The van der Waals surface area contributed by atoms with Gasteiger partial charge in [0.2, 0.25) is 59.1 Å². The molecule has 0 radical (unpaired) electrons. The molecule has 4 aromatic rings. The van der Waals surface area contributed by atoms with E-state index in [1.807, 2.05) is 38.1 Å². The molecule has 0 aliphatic heterocycles. The van der Waals surface area contributed by atoms with Crippen LogP contribution in [0.25, 0.3) is 10.9 Å². The van der Waals surface area contributed by atoms with E-state index < -0.39 is 114 Å². The first-order valence-electron chi connectivity index (χ1n) is 31.5. The van der Waals surface area contributed by atoms with Gasteiger partial charge in [-0.2, -0.15) is 0 Å². The van der Waals surface area contributed by atoms with Crippen molar-refractivity contribution in [3.63, 3.8) is 0 Å². The van der Waals surface area contributed by atoms with Crippen molar-refractivity contribution in [1.29, 1.82) is 10.8 Å². The van der Waals surface area contributed by atoms with E-state index in [0.29, 0.717) is 49.5 Å². The number of rotatable bonds is 44. The Morgan fingerprint density at radius 1 is 0.558 bits per heavy atom. The maximum absolute atomic E-state index is 15.0. The Balaban J connectivity index is 1.65. The van der Waals surface area contributed by atoms with Gasteiger partial charge in [0.1, 0.15) is 54.1 Å². The Morgan fingerprint density at radius 3 is 1.66 bits per heavy atom. The molecule has 0 aliphatic carbocycles. The van der Waals surface area contributed by atoms with Crippen LogP contribution in [0.4, 0.5) is 0 Å². The largest absolute Gasteiger partial charge is 0.508 e. The highest BCUT2D eigenvalue weighted by Crippen LogP contribution is 2.21. The summed E-state index contributed by atoms with van der Waals surface area (Å²) < 4.78 is 10.5. The van der Waals surface area contributed by atoms with E-state index in [1.54, 1.807) is 55.8 Å². The van der Waals surface area contributed by atoms with Crippen molar-refractivity contribution in [2.45, 2.75) is 140 Å². The summed E-state index contributed by atoms with van der Waals surface area (Å²) in [6.07, 6.45) is 1.62. The highest BCUT2D eigenvalue weighted by atomic mass is 16.5. The number of para-hydroxylation sites is 1. The predicted molar refractivity (Wildman–Crippen MR) is 355 cm³/mol. The summed E-state index contributed by atoms with van der Waals surface area (Å²) in [5.74, 6) is -9.18. The van der Waals surface area contributed by atoms with E-state index in [9.17, 15) is 48.3 Å². The Hall–Kier alpha value is -9.88. The van der Waals surface area contributed by atoms with Crippen molar-refractivity contribution < 1.29 is 62.5 Å². The number of fused-ring (bicyclic) bond motifs is 1. The number of benzene rings is 3. The number of hydrogen-bond donors (Lipinski definition) is 18. The van der Waals surface area contributed by atoms with E-state index in [-0.39, 0.29) is 101 Å². The number of carbonyl (C=O) groups excluding carboxylic acids is 10. The van der Waals surface area contributed by atoms with Crippen LogP contribution in [0.5, 0.6) is 5.75 Å². The lowest BCUT2D eigenvalue weighted by Crippen LogP contribution is -2.61. The number of likely N-dealkylation sites (N-methyl/N-ethyl adjacent to an activating group) is 1. The van der Waals surface area contributed by atoms with Crippen molar-refractivity contribution in [2.24, 2.45) is 28.9 Å². The summed E-state index contributed by atoms with van der Waals surface area (Å²) in [4.78, 5) is 144. The van der Waals surface area contributed by atoms with Gasteiger partial charge < -0.3 is 101 Å². The minimum Gasteiger partial charge on any atom is -0.508 e. The third kappa shape index (κ3) is 28.5. The van der Waals surface area contributed by atoms with Crippen LogP contribution in [0.2, 0.25) is 0 Å². The smallest absolute Gasteiger partial charge is 0.245 e. The lowest BCUT2D eigenvalue weighted by Gasteiger charge is -2.31. The summed E-state index contributed by atoms with van der Waals surface area (Å²) in [5.41, 5.74) is 24.2. The fraction of sp³-hybridized carbons (Fsp3) is 0.500. The summed E-state index contributed by atoms with van der Waals surface area (Å²) in [6, 6.07) is 11.1.